The van der Waals surface area contributed by atoms with Gasteiger partial charge in [0.1, 0.15) is 12.6 Å². The molecule has 32 heavy (non-hydrogen) atoms. The van der Waals surface area contributed by atoms with E-state index in [0.29, 0.717) is 11.3 Å². The normalized spacial score (nSPS) is 17.8. The molecule has 1 aliphatic heterocycles. The second-order valence-electron chi connectivity index (χ2n) is 10.0. The molecule has 6 rings (SSSR count). The minimum atomic E-state index is 0.585. The molecule has 4 aromatic rings. The van der Waals surface area contributed by atoms with E-state index in [1.54, 1.807) is 5.56 Å². The van der Waals surface area contributed by atoms with E-state index in [9.17, 15) is 0 Å². The van der Waals surface area contributed by atoms with E-state index < -0.39 is 0 Å². The van der Waals surface area contributed by atoms with Gasteiger partial charge >= 0.3 is 0 Å². The molecule has 0 amide bonds. The maximum atomic E-state index is 5.80. The van der Waals surface area contributed by atoms with Crippen LogP contribution < -0.4 is 4.57 Å². The van der Waals surface area contributed by atoms with Crippen LogP contribution >= 0.6 is 11.8 Å². The summed E-state index contributed by atoms with van der Waals surface area (Å²) in [6, 6.07) is 11.7. The highest BCUT2D eigenvalue weighted by molar-refractivity contribution is 7.99. The lowest BCUT2D eigenvalue weighted by atomic mass is 9.66. The molecular formula is C29H32NOS+. The maximum absolute atomic E-state index is 5.80. The summed E-state index contributed by atoms with van der Waals surface area (Å²) < 4.78 is 8.10. The quantitative estimate of drug-likeness (QED) is 0.261. The van der Waals surface area contributed by atoms with Gasteiger partial charge in [0, 0.05) is 21.2 Å². The predicted molar refractivity (Wildman–Crippen MR) is 133 cm³/mol. The van der Waals surface area contributed by atoms with Crippen molar-refractivity contribution in [2.75, 3.05) is 0 Å². The van der Waals surface area contributed by atoms with Crippen LogP contribution in [0.4, 0.5) is 0 Å². The molecule has 164 valence electrons. The number of nitrogens with zero attached hydrogens (tertiary/aromatic N) is 1. The Morgan fingerprint density at radius 3 is 2.59 bits per heavy atom. The summed E-state index contributed by atoms with van der Waals surface area (Å²) in [6.45, 7) is 7.01. The first-order chi connectivity index (χ1) is 15.5. The van der Waals surface area contributed by atoms with Gasteiger partial charge in [-0.2, -0.15) is 0 Å². The van der Waals surface area contributed by atoms with Crippen molar-refractivity contribution in [2.24, 2.45) is 12.5 Å². The molecule has 1 aliphatic carbocycles. The Morgan fingerprint density at radius 2 is 1.84 bits per heavy atom. The van der Waals surface area contributed by atoms with Gasteiger partial charge in [-0.05, 0) is 78.7 Å². The molecule has 1 saturated carbocycles. The lowest BCUT2D eigenvalue weighted by molar-refractivity contribution is -0.659. The lowest BCUT2D eigenvalue weighted by Gasteiger charge is -2.39. The third-order valence-electron chi connectivity index (χ3n) is 8.68. The fourth-order valence-electron chi connectivity index (χ4n) is 6.37. The maximum Gasteiger partial charge on any atom is 0.222 e. The third kappa shape index (κ3) is 2.90. The van der Waals surface area contributed by atoms with Crippen molar-refractivity contribution in [2.45, 2.75) is 75.0 Å². The number of aryl methyl sites for hydroxylation is 2. The summed E-state index contributed by atoms with van der Waals surface area (Å²) in [7, 11) is 2.18. The van der Waals surface area contributed by atoms with E-state index in [-0.39, 0.29) is 0 Å². The third-order valence-corrected chi connectivity index (χ3v) is 9.76. The number of aromatic nitrogens is 1. The number of hydrogen-bond donors (Lipinski definition) is 0. The number of fused-ring (bicyclic) bond motifs is 3. The van der Waals surface area contributed by atoms with Gasteiger partial charge < -0.3 is 4.42 Å². The van der Waals surface area contributed by atoms with Gasteiger partial charge in [-0.3, -0.25) is 0 Å². The Balaban J connectivity index is 1.50. The molecule has 0 saturated heterocycles. The zero-order chi connectivity index (χ0) is 22.0. The fraction of sp³-hybridized carbons (Fsp3) is 0.414. The Bertz CT molecular complexity index is 1350. The molecule has 0 N–H and O–H groups in total. The van der Waals surface area contributed by atoms with Crippen molar-refractivity contribution < 1.29 is 8.98 Å². The molecule has 1 fully saturated rings. The highest BCUT2D eigenvalue weighted by Gasteiger charge is 2.34. The molecule has 3 heterocycles. The highest BCUT2D eigenvalue weighted by Crippen LogP contribution is 2.52. The molecule has 0 unspecified atom stereocenters. The Labute approximate surface area is 195 Å². The molecule has 2 aromatic heterocycles. The molecule has 3 heteroatoms. The van der Waals surface area contributed by atoms with Crippen molar-refractivity contribution in [3.8, 4) is 11.3 Å². The first-order valence-corrected chi connectivity index (χ1v) is 13.0. The second kappa shape index (κ2) is 7.38. The summed E-state index contributed by atoms with van der Waals surface area (Å²) in [6.07, 6.45) is 12.1. The first kappa shape index (κ1) is 20.4. The molecule has 0 radical (unpaired) electrons. The standard InChI is InChI=1S/C29H32NOS/c1-5-29(6-2)11-7-19(8-12-29)21-15-20-9-13-30(4)28-26-18(3)22-10-14-31-23(22)17-25(26)32-24(16-21)27(20)28/h9-10,13-17,19H,5-8,11-12H2,1-4H3/q+1. The van der Waals surface area contributed by atoms with Gasteiger partial charge in [-0.1, -0.05) is 44.5 Å². The summed E-state index contributed by atoms with van der Waals surface area (Å²) >= 11 is 1.93. The van der Waals surface area contributed by atoms with Gasteiger partial charge in [-0.15, -0.1) is 0 Å². The van der Waals surface area contributed by atoms with Crippen molar-refractivity contribution in [1.29, 1.82) is 0 Å². The predicted octanol–water partition coefficient (Wildman–Crippen LogP) is 8.31. The monoisotopic (exact) mass is 442 g/mol. The Hall–Kier alpha value is -2.26. The average molecular weight is 443 g/mol. The van der Waals surface area contributed by atoms with Crippen LogP contribution in [0.15, 0.2) is 57.0 Å². The summed E-state index contributed by atoms with van der Waals surface area (Å²) in [5, 5.41) is 4.02. The summed E-state index contributed by atoms with van der Waals surface area (Å²) in [4.78, 5) is 2.72. The largest absolute Gasteiger partial charge is 0.464 e. The fourth-order valence-corrected chi connectivity index (χ4v) is 7.64. The number of furan rings is 1. The molecule has 0 bridgehead atoms. The van der Waals surface area contributed by atoms with Gasteiger partial charge in [0.15, 0.2) is 6.20 Å². The van der Waals surface area contributed by atoms with Crippen molar-refractivity contribution in [3.05, 3.63) is 53.9 Å². The van der Waals surface area contributed by atoms with Crippen molar-refractivity contribution >= 4 is 33.5 Å². The van der Waals surface area contributed by atoms with Crippen LogP contribution in [0.5, 0.6) is 0 Å². The van der Waals surface area contributed by atoms with E-state index in [1.165, 1.54) is 81.3 Å². The zero-order valence-corrected chi connectivity index (χ0v) is 20.4. The SMILES string of the molecule is CCC1(CC)CCC(c2cc3c4c([n+](C)ccc4c2)-c2c(cc4occc4c2C)S3)CC1. The van der Waals surface area contributed by atoms with Gasteiger partial charge in [0.2, 0.25) is 5.69 Å². The average Bonchev–Trinajstić information content (AvgIpc) is 3.29. The minimum Gasteiger partial charge on any atom is -0.464 e. The number of rotatable bonds is 3. The Morgan fingerprint density at radius 1 is 1.06 bits per heavy atom. The van der Waals surface area contributed by atoms with E-state index >= 15 is 0 Å². The number of hydrogen-bond acceptors (Lipinski definition) is 2. The van der Waals surface area contributed by atoms with E-state index in [0.717, 1.165) is 5.58 Å². The van der Waals surface area contributed by atoms with Gasteiger partial charge in [-0.25, -0.2) is 4.57 Å². The highest BCUT2D eigenvalue weighted by atomic mass is 32.2. The molecule has 0 spiro atoms. The molecule has 2 aromatic carbocycles. The smallest absolute Gasteiger partial charge is 0.222 e. The van der Waals surface area contributed by atoms with E-state index in [4.69, 9.17) is 4.42 Å². The number of pyridine rings is 1. The molecule has 0 atom stereocenters. The van der Waals surface area contributed by atoms with Crippen molar-refractivity contribution in [1.82, 2.24) is 0 Å². The topological polar surface area (TPSA) is 17.0 Å². The van der Waals surface area contributed by atoms with Crippen LogP contribution in [0.3, 0.4) is 0 Å². The van der Waals surface area contributed by atoms with Crippen LogP contribution in [0.1, 0.15) is 69.4 Å². The van der Waals surface area contributed by atoms with E-state index in [1.807, 2.05) is 18.0 Å². The zero-order valence-electron chi connectivity index (χ0n) is 19.6. The summed E-state index contributed by atoms with van der Waals surface area (Å²) in [5.41, 5.74) is 7.15. The van der Waals surface area contributed by atoms with Crippen LogP contribution in [0.25, 0.3) is 33.0 Å². The van der Waals surface area contributed by atoms with Gasteiger partial charge in [0.25, 0.3) is 0 Å². The second-order valence-corrected chi connectivity index (χ2v) is 11.1. The van der Waals surface area contributed by atoms with Crippen LogP contribution in [0.2, 0.25) is 0 Å². The first-order valence-electron chi connectivity index (χ1n) is 12.2. The molecule has 2 aliphatic rings. The van der Waals surface area contributed by atoms with E-state index in [2.05, 4.69) is 68.9 Å². The lowest BCUT2D eigenvalue weighted by Crippen LogP contribution is -2.31. The van der Waals surface area contributed by atoms with Crippen LogP contribution in [-0.4, -0.2) is 0 Å². The van der Waals surface area contributed by atoms with Crippen LogP contribution in [-0.2, 0) is 7.05 Å². The summed E-state index contributed by atoms with van der Waals surface area (Å²) in [5.74, 6) is 0.690. The number of benzene rings is 2. The van der Waals surface area contributed by atoms with Gasteiger partial charge in [0.05, 0.1) is 17.2 Å². The molecular weight excluding hydrogens is 410 g/mol. The minimum absolute atomic E-state index is 0.585. The molecule has 2 nitrogen and oxygen atoms in total. The van der Waals surface area contributed by atoms with Crippen LogP contribution in [0, 0.1) is 12.3 Å². The Kier molecular flexibility index (Phi) is 4.69. The van der Waals surface area contributed by atoms with Crippen molar-refractivity contribution in [3.63, 3.8) is 0 Å².